The second-order valence-corrected chi connectivity index (χ2v) is 30.8. The van der Waals surface area contributed by atoms with Crippen molar-refractivity contribution in [1.82, 2.24) is 0 Å². The minimum absolute atomic E-state index is 0.0403. The van der Waals surface area contributed by atoms with Crippen LogP contribution in [0.4, 0.5) is 28.4 Å². The maximum Gasteiger partial charge on any atom is 0.297 e. The van der Waals surface area contributed by atoms with Gasteiger partial charge in [-0.05, 0) is 174 Å². The molecule has 5 heteroatoms. The molecular formula is C71H75BN2OSi. The van der Waals surface area contributed by atoms with Gasteiger partial charge >= 0.3 is 0 Å². The highest BCUT2D eigenvalue weighted by molar-refractivity contribution is 7.16. The van der Waals surface area contributed by atoms with Crippen LogP contribution in [0.1, 0.15) is 142 Å². The van der Waals surface area contributed by atoms with Crippen LogP contribution in [0.5, 0.6) is 0 Å². The first-order valence-electron chi connectivity index (χ1n) is 28.4. The summed E-state index contributed by atoms with van der Waals surface area (Å²) in [5.41, 5.74) is 19.6. The van der Waals surface area contributed by atoms with Crippen LogP contribution in [-0.4, -0.2) is 20.8 Å². The number of hydrogen-bond acceptors (Lipinski definition) is 3. The molecule has 0 radical (unpaired) electrons. The Hall–Kier alpha value is -6.56. The molecule has 3 aliphatic carbocycles. The standard InChI is InChI=1S/C71H75BN2OSi/c1-46-40-61-64-62(41-46)74(49-31-34-55-56(43-49)69(7,8)37-36-68(55,5)6)65-54-44-57-58(71(11,12)39-38-70(57,9)10)45-63(54)75-66(65)72(64)59-42-47(67(2,3)4)28-35-60(59)73(61)48-29-32-53(33-30-48)76(50-22-16-13-17-23-50,51-24-18-14-19-25-51)52-26-20-15-21-27-52/h13-29,31-35,40-45,48H,30,36-39H2,1-12H3. The Balaban J connectivity index is 1.06. The van der Waals surface area contributed by atoms with Crippen LogP contribution < -0.4 is 41.9 Å². The minimum atomic E-state index is -2.72. The molecule has 13 rings (SSSR count). The van der Waals surface area contributed by atoms with E-state index in [1.54, 1.807) is 0 Å². The lowest BCUT2D eigenvalue weighted by atomic mass is 9.35. The second kappa shape index (κ2) is 17.0. The third-order valence-electron chi connectivity index (χ3n) is 19.2. The predicted molar refractivity (Wildman–Crippen MR) is 328 cm³/mol. The molecule has 7 aromatic carbocycles. The van der Waals surface area contributed by atoms with Crippen LogP contribution in [-0.2, 0) is 27.1 Å². The fraction of sp³-hybridized carbons (Fsp3) is 0.324. The third-order valence-corrected chi connectivity index (χ3v) is 24.1. The van der Waals surface area contributed by atoms with E-state index in [0.29, 0.717) is 0 Å². The van der Waals surface area contributed by atoms with Gasteiger partial charge in [0.1, 0.15) is 5.58 Å². The van der Waals surface area contributed by atoms with E-state index in [0.717, 1.165) is 36.9 Å². The third kappa shape index (κ3) is 7.34. The first kappa shape index (κ1) is 49.0. The fourth-order valence-corrected chi connectivity index (χ4v) is 19.5. The average molecular weight is 1010 g/mol. The summed E-state index contributed by atoms with van der Waals surface area (Å²) in [6.45, 7) is 28.9. The molecule has 0 N–H and O–H groups in total. The fourth-order valence-electron chi connectivity index (χ4n) is 14.7. The van der Waals surface area contributed by atoms with E-state index in [1.165, 1.54) is 105 Å². The molecule has 5 aliphatic rings. The lowest BCUT2D eigenvalue weighted by molar-refractivity contribution is 0.332. The van der Waals surface area contributed by atoms with E-state index in [9.17, 15) is 0 Å². The van der Waals surface area contributed by atoms with Gasteiger partial charge in [-0.1, -0.05) is 204 Å². The number of allylic oxidation sites excluding steroid dienone is 2. The molecule has 2 aliphatic heterocycles. The van der Waals surface area contributed by atoms with Gasteiger partial charge in [0.2, 0.25) is 0 Å². The number of furan rings is 1. The second-order valence-electron chi connectivity index (χ2n) is 27.0. The molecule has 1 aromatic heterocycles. The number of hydrogen-bond donors (Lipinski definition) is 0. The maximum atomic E-state index is 7.70. The first-order valence-corrected chi connectivity index (χ1v) is 30.4. The largest absolute Gasteiger partial charge is 0.468 e. The number of benzene rings is 7. The quantitative estimate of drug-likeness (QED) is 0.122. The molecule has 3 nitrogen and oxygen atoms in total. The average Bonchev–Trinajstić information content (AvgIpc) is 3.79. The van der Waals surface area contributed by atoms with Gasteiger partial charge in [-0.3, -0.25) is 0 Å². The van der Waals surface area contributed by atoms with Gasteiger partial charge in [0, 0.05) is 28.1 Å². The van der Waals surface area contributed by atoms with Crippen molar-refractivity contribution < 1.29 is 4.42 Å². The smallest absolute Gasteiger partial charge is 0.297 e. The number of fused-ring (bicyclic) bond motifs is 8. The van der Waals surface area contributed by atoms with Gasteiger partial charge in [0.15, 0.2) is 8.07 Å². The highest BCUT2D eigenvalue weighted by Gasteiger charge is 2.50. The van der Waals surface area contributed by atoms with Crippen molar-refractivity contribution in [2.45, 2.75) is 148 Å². The van der Waals surface area contributed by atoms with Crippen molar-refractivity contribution in [2.75, 3.05) is 9.80 Å². The molecule has 382 valence electrons. The molecule has 0 fully saturated rings. The number of anilines is 5. The lowest BCUT2D eigenvalue weighted by Crippen LogP contribution is -2.68. The first-order chi connectivity index (χ1) is 36.2. The molecular weight excluding hydrogens is 936 g/mol. The molecule has 3 heterocycles. The van der Waals surface area contributed by atoms with Crippen LogP contribution in [0.3, 0.4) is 0 Å². The van der Waals surface area contributed by atoms with Crippen molar-refractivity contribution in [2.24, 2.45) is 0 Å². The predicted octanol–water partition coefficient (Wildman–Crippen LogP) is 14.5. The molecule has 76 heavy (non-hydrogen) atoms. The van der Waals surface area contributed by atoms with Gasteiger partial charge in [0.25, 0.3) is 6.71 Å². The lowest BCUT2D eigenvalue weighted by Gasteiger charge is -2.46. The zero-order valence-corrected chi connectivity index (χ0v) is 48.2. The van der Waals surface area contributed by atoms with E-state index < -0.39 is 8.07 Å². The summed E-state index contributed by atoms with van der Waals surface area (Å²) in [5.74, 6) is 0. The van der Waals surface area contributed by atoms with Crippen molar-refractivity contribution >= 4 is 86.3 Å². The van der Waals surface area contributed by atoms with Crippen molar-refractivity contribution in [3.8, 4) is 0 Å². The Morgan fingerprint density at radius 1 is 0.566 bits per heavy atom. The molecule has 1 unspecified atom stereocenters. The van der Waals surface area contributed by atoms with E-state index >= 15 is 0 Å². The Bertz CT molecular complexity index is 3600. The Morgan fingerprint density at radius 3 is 1.66 bits per heavy atom. The molecule has 0 saturated carbocycles. The highest BCUT2D eigenvalue weighted by Crippen LogP contribution is 2.53. The Kier molecular flexibility index (Phi) is 11.0. The SMILES string of the molecule is Cc1cc2c3c(c1)N(C1C=CC([Si](c4ccccc4)(c4ccccc4)c4ccccc4)=CC1)c1ccc(C(C)(C)C)cc1B3c1oc3cc4c(cc3c1N2c1ccc2c(c1)C(C)(C)CCC2(C)C)C(C)(C)CCC4(C)C. The van der Waals surface area contributed by atoms with Crippen LogP contribution in [0.15, 0.2) is 180 Å². The van der Waals surface area contributed by atoms with E-state index in [4.69, 9.17) is 4.42 Å². The normalized spacial score (nSPS) is 19.6. The summed E-state index contributed by atoms with van der Waals surface area (Å²) in [5, 5.41) is 6.86. The summed E-state index contributed by atoms with van der Waals surface area (Å²) in [6, 6.07) is 59.1. The summed E-state index contributed by atoms with van der Waals surface area (Å²) >= 11 is 0. The summed E-state index contributed by atoms with van der Waals surface area (Å²) in [4.78, 5) is 5.37. The van der Waals surface area contributed by atoms with Crippen LogP contribution in [0.25, 0.3) is 11.0 Å². The van der Waals surface area contributed by atoms with Crippen LogP contribution >= 0.6 is 0 Å². The zero-order valence-electron chi connectivity index (χ0n) is 47.2. The monoisotopic (exact) mass is 1010 g/mol. The minimum Gasteiger partial charge on any atom is -0.468 e. The summed E-state index contributed by atoms with van der Waals surface area (Å²) < 4.78 is 7.70. The Morgan fingerprint density at radius 2 is 1.11 bits per heavy atom. The zero-order chi connectivity index (χ0) is 52.9. The van der Waals surface area contributed by atoms with Crippen molar-refractivity contribution in [3.63, 3.8) is 0 Å². The van der Waals surface area contributed by atoms with Crippen LogP contribution in [0.2, 0.25) is 0 Å². The van der Waals surface area contributed by atoms with Gasteiger partial charge < -0.3 is 14.2 Å². The molecule has 0 saturated heterocycles. The highest BCUT2D eigenvalue weighted by atomic mass is 28.3. The van der Waals surface area contributed by atoms with Gasteiger partial charge in [-0.15, -0.1) is 0 Å². The Labute approximate surface area is 454 Å². The number of nitrogens with zero attached hydrogens (tertiary/aromatic N) is 2. The van der Waals surface area contributed by atoms with Crippen LogP contribution in [0, 0.1) is 6.92 Å². The molecule has 0 amide bonds. The molecule has 1 atom stereocenters. The van der Waals surface area contributed by atoms with Gasteiger partial charge in [-0.2, -0.15) is 0 Å². The molecule has 0 bridgehead atoms. The van der Waals surface area contributed by atoms with E-state index in [-0.39, 0.29) is 39.8 Å². The summed E-state index contributed by atoms with van der Waals surface area (Å²) in [6.07, 6.45) is 13.2. The van der Waals surface area contributed by atoms with E-state index in [2.05, 4.69) is 263 Å². The van der Waals surface area contributed by atoms with Crippen molar-refractivity contribution in [3.05, 3.63) is 208 Å². The molecule has 0 spiro atoms. The molecule has 8 aromatic rings. The topological polar surface area (TPSA) is 19.6 Å². The van der Waals surface area contributed by atoms with E-state index in [1.807, 2.05) is 0 Å². The summed E-state index contributed by atoms with van der Waals surface area (Å²) in [7, 11) is -2.72. The van der Waals surface area contributed by atoms with Gasteiger partial charge in [0.05, 0.1) is 17.4 Å². The number of rotatable bonds is 6. The number of aryl methyl sites for hydroxylation is 1. The maximum absolute atomic E-state index is 7.70. The van der Waals surface area contributed by atoms with Crippen molar-refractivity contribution in [1.29, 1.82) is 0 Å². The van der Waals surface area contributed by atoms with Gasteiger partial charge in [-0.25, -0.2) is 0 Å².